The Morgan fingerprint density at radius 2 is 2.40 bits per heavy atom. The molecule has 0 aromatic carbocycles. The third kappa shape index (κ3) is 1.48. The Hall–Kier alpha value is -1.02. The van der Waals surface area contributed by atoms with Crippen molar-refractivity contribution in [1.82, 2.24) is 4.98 Å². The van der Waals surface area contributed by atoms with E-state index in [-0.39, 0.29) is 0 Å². The Balaban J connectivity index is 2.83. The standard InChI is InChI=1S/C7H6ClNO/c8-6-3-4-9-7(6)2-1-5-10/h1-5,9H/b2-1+. The lowest BCUT2D eigenvalue weighted by Crippen LogP contribution is -1.69. The van der Waals surface area contributed by atoms with Crippen molar-refractivity contribution < 1.29 is 4.79 Å². The lowest BCUT2D eigenvalue weighted by atomic mass is 10.4. The summed E-state index contributed by atoms with van der Waals surface area (Å²) >= 11 is 5.68. The topological polar surface area (TPSA) is 32.9 Å². The van der Waals surface area contributed by atoms with E-state index >= 15 is 0 Å². The van der Waals surface area contributed by atoms with Crippen molar-refractivity contribution in [2.24, 2.45) is 0 Å². The highest BCUT2D eigenvalue weighted by molar-refractivity contribution is 6.32. The zero-order valence-electron chi connectivity index (χ0n) is 5.17. The molecule has 0 fully saturated rings. The normalized spacial score (nSPS) is 10.5. The number of hydrogen-bond donors (Lipinski definition) is 1. The Labute approximate surface area is 63.5 Å². The van der Waals surface area contributed by atoms with Gasteiger partial charge >= 0.3 is 0 Å². The van der Waals surface area contributed by atoms with Gasteiger partial charge in [-0.05, 0) is 18.2 Å². The SMILES string of the molecule is O=C/C=C/c1[nH]ccc1Cl. The third-order valence-electron chi connectivity index (χ3n) is 1.07. The smallest absolute Gasteiger partial charge is 0.142 e. The minimum absolute atomic E-state index is 0.623. The Morgan fingerprint density at radius 1 is 1.60 bits per heavy atom. The van der Waals surface area contributed by atoms with Crippen LogP contribution in [-0.2, 0) is 4.79 Å². The van der Waals surface area contributed by atoms with Gasteiger partial charge in [0.25, 0.3) is 0 Å². The molecule has 2 nitrogen and oxygen atoms in total. The fourth-order valence-corrected chi connectivity index (χ4v) is 0.807. The van der Waals surface area contributed by atoms with E-state index < -0.39 is 0 Å². The van der Waals surface area contributed by atoms with E-state index in [1.807, 2.05) is 0 Å². The number of allylic oxidation sites excluding steroid dienone is 1. The van der Waals surface area contributed by atoms with Crippen molar-refractivity contribution in [2.75, 3.05) is 0 Å². The van der Waals surface area contributed by atoms with Crippen molar-refractivity contribution in [3.05, 3.63) is 29.1 Å². The second-order valence-electron chi connectivity index (χ2n) is 1.73. The van der Waals surface area contributed by atoms with E-state index in [1.165, 1.54) is 6.08 Å². The molecule has 0 aliphatic rings. The van der Waals surface area contributed by atoms with Gasteiger partial charge in [0, 0.05) is 6.20 Å². The molecular weight excluding hydrogens is 150 g/mol. The first-order chi connectivity index (χ1) is 4.84. The minimum Gasteiger partial charge on any atom is -0.360 e. The predicted octanol–water partition coefficient (Wildman–Crippen LogP) is 1.88. The number of rotatable bonds is 2. The minimum atomic E-state index is 0.623. The van der Waals surface area contributed by atoms with Gasteiger partial charge in [-0.3, -0.25) is 4.79 Å². The molecule has 0 radical (unpaired) electrons. The fourth-order valence-electron chi connectivity index (χ4n) is 0.627. The summed E-state index contributed by atoms with van der Waals surface area (Å²) in [6, 6.07) is 1.73. The van der Waals surface area contributed by atoms with Crippen LogP contribution in [-0.4, -0.2) is 11.3 Å². The van der Waals surface area contributed by atoms with Crippen LogP contribution >= 0.6 is 11.6 Å². The largest absolute Gasteiger partial charge is 0.360 e. The molecule has 0 spiro atoms. The lowest BCUT2D eigenvalue weighted by Gasteiger charge is -1.83. The first-order valence-electron chi connectivity index (χ1n) is 2.79. The summed E-state index contributed by atoms with van der Waals surface area (Å²) in [7, 11) is 0. The maximum absolute atomic E-state index is 9.87. The molecule has 0 aliphatic carbocycles. The van der Waals surface area contributed by atoms with Crippen LogP contribution in [0.1, 0.15) is 5.69 Å². The number of nitrogens with one attached hydrogen (secondary N) is 1. The van der Waals surface area contributed by atoms with Crippen molar-refractivity contribution in [3.8, 4) is 0 Å². The fraction of sp³-hybridized carbons (Fsp3) is 0. The average Bonchev–Trinajstić information content (AvgIpc) is 2.31. The number of aromatic nitrogens is 1. The molecule has 0 amide bonds. The number of carbonyl (C=O) groups excluding carboxylic acids is 1. The summed E-state index contributed by atoms with van der Waals surface area (Å²) in [5.41, 5.74) is 0.758. The van der Waals surface area contributed by atoms with Gasteiger partial charge in [-0.15, -0.1) is 0 Å². The molecule has 0 unspecified atom stereocenters. The highest BCUT2D eigenvalue weighted by atomic mass is 35.5. The highest BCUT2D eigenvalue weighted by Gasteiger charge is 1.93. The van der Waals surface area contributed by atoms with Gasteiger partial charge in [0.15, 0.2) is 0 Å². The summed E-state index contributed by atoms with van der Waals surface area (Å²) in [6.07, 6.45) is 5.43. The summed E-state index contributed by atoms with van der Waals surface area (Å²) in [4.78, 5) is 12.7. The number of H-pyrrole nitrogens is 1. The predicted molar refractivity (Wildman–Crippen MR) is 40.9 cm³/mol. The lowest BCUT2D eigenvalue weighted by molar-refractivity contribution is -0.104. The molecule has 52 valence electrons. The zero-order chi connectivity index (χ0) is 7.40. The Bertz CT molecular complexity index is 252. The Kier molecular flexibility index (Phi) is 2.29. The molecule has 1 aromatic heterocycles. The van der Waals surface area contributed by atoms with E-state index in [2.05, 4.69) is 4.98 Å². The van der Waals surface area contributed by atoms with Gasteiger partial charge in [-0.25, -0.2) is 0 Å². The van der Waals surface area contributed by atoms with Crippen LogP contribution in [0.4, 0.5) is 0 Å². The van der Waals surface area contributed by atoms with Crippen LogP contribution < -0.4 is 0 Å². The van der Waals surface area contributed by atoms with Gasteiger partial charge in [0.2, 0.25) is 0 Å². The summed E-state index contributed by atoms with van der Waals surface area (Å²) in [6.45, 7) is 0. The van der Waals surface area contributed by atoms with E-state index in [0.717, 1.165) is 5.69 Å². The van der Waals surface area contributed by atoms with Gasteiger partial charge in [0.1, 0.15) is 6.29 Å². The summed E-state index contributed by atoms with van der Waals surface area (Å²) in [5.74, 6) is 0. The molecule has 0 bridgehead atoms. The molecular formula is C7H6ClNO. The maximum Gasteiger partial charge on any atom is 0.142 e. The van der Waals surface area contributed by atoms with E-state index in [1.54, 1.807) is 18.3 Å². The van der Waals surface area contributed by atoms with Crippen molar-refractivity contribution >= 4 is 24.0 Å². The molecule has 1 heterocycles. The first-order valence-corrected chi connectivity index (χ1v) is 3.17. The number of carbonyl (C=O) groups is 1. The summed E-state index contributed by atoms with van der Waals surface area (Å²) in [5, 5.41) is 0.623. The van der Waals surface area contributed by atoms with Crippen molar-refractivity contribution in [1.29, 1.82) is 0 Å². The van der Waals surface area contributed by atoms with Gasteiger partial charge < -0.3 is 4.98 Å². The zero-order valence-corrected chi connectivity index (χ0v) is 5.93. The molecule has 0 saturated heterocycles. The Morgan fingerprint density at radius 3 is 2.90 bits per heavy atom. The number of aldehydes is 1. The molecule has 10 heavy (non-hydrogen) atoms. The monoisotopic (exact) mass is 155 g/mol. The molecule has 0 saturated carbocycles. The van der Waals surface area contributed by atoms with Gasteiger partial charge in [-0.2, -0.15) is 0 Å². The van der Waals surface area contributed by atoms with Gasteiger partial charge in [0.05, 0.1) is 10.7 Å². The maximum atomic E-state index is 9.87. The van der Waals surface area contributed by atoms with Crippen molar-refractivity contribution in [3.63, 3.8) is 0 Å². The first kappa shape index (κ1) is 7.09. The summed E-state index contributed by atoms with van der Waals surface area (Å²) < 4.78 is 0. The number of hydrogen-bond acceptors (Lipinski definition) is 1. The van der Waals surface area contributed by atoms with E-state index in [0.29, 0.717) is 11.3 Å². The molecule has 1 rings (SSSR count). The molecule has 0 aliphatic heterocycles. The van der Waals surface area contributed by atoms with Crippen LogP contribution in [0.15, 0.2) is 18.3 Å². The van der Waals surface area contributed by atoms with Crippen LogP contribution in [0.25, 0.3) is 6.08 Å². The van der Waals surface area contributed by atoms with Crippen LogP contribution in [0.2, 0.25) is 5.02 Å². The molecule has 1 N–H and O–H groups in total. The molecule has 0 atom stereocenters. The van der Waals surface area contributed by atoms with Crippen LogP contribution in [0, 0.1) is 0 Å². The quantitative estimate of drug-likeness (QED) is 0.514. The number of halogens is 1. The molecule has 3 heteroatoms. The average molecular weight is 156 g/mol. The van der Waals surface area contributed by atoms with Crippen LogP contribution in [0.3, 0.4) is 0 Å². The number of aromatic amines is 1. The van der Waals surface area contributed by atoms with Crippen LogP contribution in [0.5, 0.6) is 0 Å². The third-order valence-corrected chi connectivity index (χ3v) is 1.40. The van der Waals surface area contributed by atoms with E-state index in [9.17, 15) is 4.79 Å². The van der Waals surface area contributed by atoms with Crippen molar-refractivity contribution in [2.45, 2.75) is 0 Å². The van der Waals surface area contributed by atoms with E-state index in [4.69, 9.17) is 11.6 Å². The molecule has 1 aromatic rings. The second-order valence-corrected chi connectivity index (χ2v) is 2.14. The van der Waals surface area contributed by atoms with Gasteiger partial charge in [-0.1, -0.05) is 11.6 Å². The second kappa shape index (κ2) is 3.22. The highest BCUT2D eigenvalue weighted by Crippen LogP contribution is 2.13.